The smallest absolute Gasteiger partial charge is 0.216 e. The summed E-state index contributed by atoms with van der Waals surface area (Å²) in [4.78, 5) is 8.87. The summed E-state index contributed by atoms with van der Waals surface area (Å²) in [5.41, 5.74) is -0.134. The third-order valence-electron chi connectivity index (χ3n) is 3.12. The lowest BCUT2D eigenvalue weighted by Crippen LogP contribution is -2.24. The van der Waals surface area contributed by atoms with Gasteiger partial charge in [0, 0.05) is 17.5 Å². The van der Waals surface area contributed by atoms with Crippen LogP contribution in [0.1, 0.15) is 51.2 Å². The molecule has 3 rings (SSSR count). The molecule has 0 spiro atoms. The van der Waals surface area contributed by atoms with Crippen molar-refractivity contribution in [1.29, 1.82) is 0 Å². The molecular formula is C13H18N6S. The first-order valence-corrected chi connectivity index (χ1v) is 7.48. The number of nitrogen functional groups attached to an aromatic ring is 1. The lowest BCUT2D eigenvalue weighted by molar-refractivity contribution is 0.523. The maximum atomic E-state index is 6.07. The van der Waals surface area contributed by atoms with Crippen molar-refractivity contribution < 1.29 is 0 Å². The number of nitrogens with zero attached hydrogens (tertiary/aromatic N) is 5. The largest absolute Gasteiger partial charge is 0.336 e. The van der Waals surface area contributed by atoms with E-state index in [2.05, 4.69) is 40.9 Å². The molecule has 1 saturated carbocycles. The topological polar surface area (TPSA) is 82.5 Å². The van der Waals surface area contributed by atoms with E-state index in [1.165, 1.54) is 24.6 Å². The molecule has 0 amide bonds. The molecule has 20 heavy (non-hydrogen) atoms. The molecule has 0 atom stereocenters. The van der Waals surface area contributed by atoms with Crippen LogP contribution in [-0.2, 0) is 5.41 Å². The fraction of sp³-hybridized carbons (Fsp3) is 0.538. The fourth-order valence-electron chi connectivity index (χ4n) is 1.90. The predicted octanol–water partition coefficient (Wildman–Crippen LogP) is 2.11. The van der Waals surface area contributed by atoms with E-state index in [4.69, 9.17) is 5.84 Å². The minimum Gasteiger partial charge on any atom is -0.336 e. The monoisotopic (exact) mass is 290 g/mol. The molecule has 2 heterocycles. The van der Waals surface area contributed by atoms with Gasteiger partial charge in [0.15, 0.2) is 5.82 Å². The van der Waals surface area contributed by atoms with Crippen LogP contribution in [0, 0.1) is 0 Å². The summed E-state index contributed by atoms with van der Waals surface area (Å²) in [6.45, 7) is 6.18. The van der Waals surface area contributed by atoms with E-state index >= 15 is 0 Å². The summed E-state index contributed by atoms with van der Waals surface area (Å²) in [6.07, 6.45) is 4.18. The molecule has 0 aliphatic heterocycles. The summed E-state index contributed by atoms with van der Waals surface area (Å²) in [5.74, 6) is 8.30. The number of aromatic nitrogens is 5. The van der Waals surface area contributed by atoms with Crippen LogP contribution in [0.4, 0.5) is 0 Å². The Bertz CT molecular complexity index is 626. The summed E-state index contributed by atoms with van der Waals surface area (Å²) in [5, 5.41) is 9.85. The van der Waals surface area contributed by atoms with E-state index < -0.39 is 0 Å². The quantitative estimate of drug-likeness (QED) is 0.688. The van der Waals surface area contributed by atoms with Crippen LogP contribution in [-0.4, -0.2) is 24.8 Å². The maximum absolute atomic E-state index is 6.07. The fourth-order valence-corrected chi connectivity index (χ4v) is 2.62. The Labute approximate surface area is 122 Å². The van der Waals surface area contributed by atoms with Gasteiger partial charge < -0.3 is 5.84 Å². The van der Waals surface area contributed by atoms with Gasteiger partial charge >= 0.3 is 0 Å². The second-order valence-electron chi connectivity index (χ2n) is 6.06. The summed E-state index contributed by atoms with van der Waals surface area (Å²) < 4.78 is 1.55. The first kappa shape index (κ1) is 13.4. The Morgan fingerprint density at radius 3 is 2.65 bits per heavy atom. The Balaban J connectivity index is 1.84. The molecule has 2 aromatic heterocycles. The number of nitrogens with two attached hydrogens (primary N) is 1. The third-order valence-corrected chi connectivity index (χ3v) is 4.02. The molecule has 0 aromatic carbocycles. The molecule has 106 valence electrons. The summed E-state index contributed by atoms with van der Waals surface area (Å²) in [6, 6.07) is 1.88. The predicted molar refractivity (Wildman–Crippen MR) is 77.0 cm³/mol. The minimum absolute atomic E-state index is 0.134. The highest BCUT2D eigenvalue weighted by atomic mass is 32.2. The van der Waals surface area contributed by atoms with Crippen molar-refractivity contribution in [3.05, 3.63) is 23.9 Å². The van der Waals surface area contributed by atoms with Gasteiger partial charge in [0.05, 0.1) is 0 Å². The van der Waals surface area contributed by atoms with Gasteiger partial charge in [-0.2, -0.15) is 0 Å². The first-order valence-electron chi connectivity index (χ1n) is 6.67. The zero-order valence-electron chi connectivity index (χ0n) is 11.9. The lowest BCUT2D eigenvalue weighted by atomic mass is 9.96. The average molecular weight is 290 g/mol. The third kappa shape index (κ3) is 2.63. The van der Waals surface area contributed by atoms with Gasteiger partial charge in [-0.1, -0.05) is 20.8 Å². The Hall–Kier alpha value is -1.63. The highest BCUT2D eigenvalue weighted by molar-refractivity contribution is 7.99. The summed E-state index contributed by atoms with van der Waals surface area (Å²) in [7, 11) is 0. The van der Waals surface area contributed by atoms with Gasteiger partial charge in [0.2, 0.25) is 5.16 Å². The van der Waals surface area contributed by atoms with Crippen molar-refractivity contribution in [3.63, 3.8) is 0 Å². The Morgan fingerprint density at radius 1 is 1.30 bits per heavy atom. The molecular weight excluding hydrogens is 272 g/mol. The van der Waals surface area contributed by atoms with Crippen molar-refractivity contribution in [2.45, 2.75) is 55.1 Å². The number of rotatable bonds is 3. The first-order chi connectivity index (χ1) is 9.45. The SMILES string of the molecule is CC(C)(C)c1nnc(Sc2ccnc(C3CC3)n2)n1N. The van der Waals surface area contributed by atoms with Gasteiger partial charge in [0.25, 0.3) is 0 Å². The average Bonchev–Trinajstić information content (AvgIpc) is 3.15. The zero-order chi connectivity index (χ0) is 14.3. The van der Waals surface area contributed by atoms with Crippen molar-refractivity contribution in [1.82, 2.24) is 24.8 Å². The second-order valence-corrected chi connectivity index (χ2v) is 7.04. The molecule has 2 N–H and O–H groups in total. The second kappa shape index (κ2) is 4.73. The normalized spacial score (nSPS) is 15.6. The van der Waals surface area contributed by atoms with Gasteiger partial charge in [-0.25, -0.2) is 14.6 Å². The van der Waals surface area contributed by atoms with Crippen LogP contribution >= 0.6 is 11.8 Å². The molecule has 1 fully saturated rings. The molecule has 1 aliphatic rings. The van der Waals surface area contributed by atoms with Crippen LogP contribution in [0.15, 0.2) is 22.4 Å². The standard InChI is InChI=1S/C13H18N6S/c1-13(2,3)11-17-18-12(19(11)14)20-9-6-7-15-10(16-9)8-4-5-8/h6-8H,4-5,14H2,1-3H3. The van der Waals surface area contributed by atoms with Gasteiger partial charge in [-0.15, -0.1) is 10.2 Å². The minimum atomic E-state index is -0.134. The zero-order valence-corrected chi connectivity index (χ0v) is 12.7. The van der Waals surface area contributed by atoms with Gasteiger partial charge in [-0.05, 0) is 30.7 Å². The maximum Gasteiger partial charge on any atom is 0.216 e. The Morgan fingerprint density at radius 2 is 2.05 bits per heavy atom. The van der Waals surface area contributed by atoms with E-state index in [9.17, 15) is 0 Å². The molecule has 6 nitrogen and oxygen atoms in total. The van der Waals surface area contributed by atoms with Crippen LogP contribution in [0.2, 0.25) is 0 Å². The Kier molecular flexibility index (Phi) is 3.16. The highest BCUT2D eigenvalue weighted by Crippen LogP contribution is 2.38. The van der Waals surface area contributed by atoms with E-state index in [0.29, 0.717) is 11.1 Å². The highest BCUT2D eigenvalue weighted by Gasteiger charge is 2.27. The van der Waals surface area contributed by atoms with E-state index in [1.807, 2.05) is 6.07 Å². The lowest BCUT2D eigenvalue weighted by Gasteiger charge is -2.16. The molecule has 2 aromatic rings. The van der Waals surface area contributed by atoms with E-state index in [-0.39, 0.29) is 5.41 Å². The molecule has 0 saturated heterocycles. The van der Waals surface area contributed by atoms with Crippen molar-refractivity contribution >= 4 is 11.8 Å². The summed E-state index contributed by atoms with van der Waals surface area (Å²) >= 11 is 1.42. The van der Waals surface area contributed by atoms with E-state index in [1.54, 1.807) is 10.9 Å². The van der Waals surface area contributed by atoms with Crippen LogP contribution < -0.4 is 5.84 Å². The van der Waals surface area contributed by atoms with Crippen molar-refractivity contribution in [2.75, 3.05) is 5.84 Å². The number of hydrogen-bond donors (Lipinski definition) is 1. The van der Waals surface area contributed by atoms with Gasteiger partial charge in [0.1, 0.15) is 10.9 Å². The van der Waals surface area contributed by atoms with Crippen LogP contribution in [0.5, 0.6) is 0 Å². The molecule has 7 heteroatoms. The van der Waals surface area contributed by atoms with E-state index in [0.717, 1.165) is 16.7 Å². The molecule has 1 aliphatic carbocycles. The number of hydrogen-bond acceptors (Lipinski definition) is 6. The van der Waals surface area contributed by atoms with Crippen LogP contribution in [0.25, 0.3) is 0 Å². The van der Waals surface area contributed by atoms with Gasteiger partial charge in [-0.3, -0.25) is 0 Å². The van der Waals surface area contributed by atoms with Crippen molar-refractivity contribution in [2.24, 2.45) is 0 Å². The van der Waals surface area contributed by atoms with Crippen molar-refractivity contribution in [3.8, 4) is 0 Å². The molecule has 0 radical (unpaired) electrons. The molecule has 0 unspecified atom stereocenters. The van der Waals surface area contributed by atoms with Crippen LogP contribution in [0.3, 0.4) is 0 Å². The molecule has 0 bridgehead atoms.